The van der Waals surface area contributed by atoms with E-state index in [1.165, 1.54) is 0 Å². The molecule has 1 amide bonds. The third kappa shape index (κ3) is 4.47. The topological polar surface area (TPSA) is 75.8 Å². The SMILES string of the molecule is CCOCC(O)CN1CCC(C(N)=O)CC1. The maximum absolute atomic E-state index is 11.0. The van der Waals surface area contributed by atoms with Crippen molar-refractivity contribution in [3.05, 3.63) is 0 Å². The second-order valence-electron chi connectivity index (χ2n) is 4.29. The molecule has 16 heavy (non-hydrogen) atoms. The molecule has 0 aromatic carbocycles. The van der Waals surface area contributed by atoms with Crippen molar-refractivity contribution in [2.45, 2.75) is 25.9 Å². The van der Waals surface area contributed by atoms with E-state index in [0.29, 0.717) is 19.8 Å². The summed E-state index contributed by atoms with van der Waals surface area (Å²) in [7, 11) is 0. The Bertz CT molecular complexity index is 215. The lowest BCUT2D eigenvalue weighted by Crippen LogP contribution is -2.42. The number of hydrogen-bond donors (Lipinski definition) is 2. The molecular formula is C11H22N2O3. The summed E-state index contributed by atoms with van der Waals surface area (Å²) in [6.07, 6.45) is 1.16. The number of aliphatic hydroxyl groups excluding tert-OH is 1. The number of carbonyl (C=O) groups excluding carboxylic acids is 1. The van der Waals surface area contributed by atoms with E-state index in [-0.39, 0.29) is 11.8 Å². The summed E-state index contributed by atoms with van der Waals surface area (Å²) >= 11 is 0. The van der Waals surface area contributed by atoms with Gasteiger partial charge in [0.1, 0.15) is 0 Å². The Hall–Kier alpha value is -0.650. The van der Waals surface area contributed by atoms with Crippen LogP contribution in [-0.2, 0) is 9.53 Å². The first-order chi connectivity index (χ1) is 7.63. The van der Waals surface area contributed by atoms with Gasteiger partial charge >= 0.3 is 0 Å². The lowest BCUT2D eigenvalue weighted by atomic mass is 9.96. The van der Waals surface area contributed by atoms with Crippen molar-refractivity contribution in [3.8, 4) is 0 Å². The summed E-state index contributed by atoms with van der Waals surface area (Å²) in [5, 5.41) is 9.65. The first-order valence-corrected chi connectivity index (χ1v) is 5.91. The molecule has 1 atom stereocenters. The van der Waals surface area contributed by atoms with Gasteiger partial charge in [0.05, 0.1) is 12.7 Å². The Morgan fingerprint density at radius 3 is 2.69 bits per heavy atom. The number of ether oxygens (including phenoxy) is 1. The van der Waals surface area contributed by atoms with Crippen molar-refractivity contribution in [2.24, 2.45) is 11.7 Å². The van der Waals surface area contributed by atoms with E-state index in [1.54, 1.807) is 0 Å². The third-order valence-corrected chi connectivity index (χ3v) is 2.97. The molecule has 1 saturated heterocycles. The van der Waals surface area contributed by atoms with Gasteiger partial charge in [0, 0.05) is 19.1 Å². The van der Waals surface area contributed by atoms with Crippen LogP contribution in [0.3, 0.4) is 0 Å². The summed E-state index contributed by atoms with van der Waals surface area (Å²) < 4.78 is 5.15. The van der Waals surface area contributed by atoms with E-state index in [2.05, 4.69) is 4.90 Å². The standard InChI is InChI=1S/C11H22N2O3/c1-2-16-8-10(14)7-13-5-3-9(4-6-13)11(12)15/h9-10,14H,2-8H2,1H3,(H2,12,15). The normalized spacial score (nSPS) is 20.9. The number of rotatable bonds is 6. The van der Waals surface area contributed by atoms with E-state index in [4.69, 9.17) is 10.5 Å². The number of likely N-dealkylation sites (tertiary alicyclic amines) is 1. The molecule has 0 radical (unpaired) electrons. The van der Waals surface area contributed by atoms with Gasteiger partial charge in [-0.3, -0.25) is 4.79 Å². The molecule has 1 unspecified atom stereocenters. The molecule has 0 bridgehead atoms. The molecule has 0 saturated carbocycles. The van der Waals surface area contributed by atoms with Crippen LogP contribution in [0.4, 0.5) is 0 Å². The molecule has 1 aliphatic rings. The summed E-state index contributed by atoms with van der Waals surface area (Å²) in [6.45, 7) is 5.19. The lowest BCUT2D eigenvalue weighted by Gasteiger charge is -2.31. The van der Waals surface area contributed by atoms with Crippen LogP contribution in [0.5, 0.6) is 0 Å². The van der Waals surface area contributed by atoms with Crippen LogP contribution in [0.2, 0.25) is 0 Å². The summed E-state index contributed by atoms with van der Waals surface area (Å²) in [5.41, 5.74) is 5.25. The minimum atomic E-state index is -0.440. The number of hydrogen-bond acceptors (Lipinski definition) is 4. The highest BCUT2D eigenvalue weighted by Crippen LogP contribution is 2.16. The summed E-state index contributed by atoms with van der Waals surface area (Å²) in [5.74, 6) is -0.185. The van der Waals surface area contributed by atoms with E-state index in [9.17, 15) is 9.90 Å². The molecular weight excluding hydrogens is 208 g/mol. The van der Waals surface area contributed by atoms with Crippen LogP contribution >= 0.6 is 0 Å². The lowest BCUT2D eigenvalue weighted by molar-refractivity contribution is -0.123. The Kier molecular flexibility index (Phi) is 5.73. The molecule has 3 N–H and O–H groups in total. The highest BCUT2D eigenvalue weighted by atomic mass is 16.5. The maximum atomic E-state index is 11.0. The van der Waals surface area contributed by atoms with Crippen molar-refractivity contribution < 1.29 is 14.6 Å². The second-order valence-corrected chi connectivity index (χ2v) is 4.29. The highest BCUT2D eigenvalue weighted by molar-refractivity contribution is 5.76. The molecule has 94 valence electrons. The van der Waals surface area contributed by atoms with E-state index < -0.39 is 6.10 Å². The predicted molar refractivity (Wildman–Crippen MR) is 60.9 cm³/mol. The van der Waals surface area contributed by atoms with Crippen molar-refractivity contribution in [1.82, 2.24) is 4.90 Å². The molecule has 5 heteroatoms. The van der Waals surface area contributed by atoms with Crippen LogP contribution in [0, 0.1) is 5.92 Å². The van der Waals surface area contributed by atoms with Crippen LogP contribution < -0.4 is 5.73 Å². The molecule has 1 heterocycles. The smallest absolute Gasteiger partial charge is 0.220 e. The molecule has 5 nitrogen and oxygen atoms in total. The quantitative estimate of drug-likeness (QED) is 0.650. The van der Waals surface area contributed by atoms with Gasteiger partial charge in [0.2, 0.25) is 5.91 Å². The van der Waals surface area contributed by atoms with Crippen LogP contribution in [0.1, 0.15) is 19.8 Å². The van der Waals surface area contributed by atoms with Gasteiger partial charge in [0.25, 0.3) is 0 Å². The zero-order chi connectivity index (χ0) is 12.0. The van der Waals surface area contributed by atoms with Gasteiger partial charge in [0.15, 0.2) is 0 Å². The predicted octanol–water partition coefficient (Wildman–Crippen LogP) is -0.419. The zero-order valence-corrected chi connectivity index (χ0v) is 9.89. The molecule has 0 aromatic heterocycles. The summed E-state index contributed by atoms with van der Waals surface area (Å²) in [4.78, 5) is 13.1. The minimum Gasteiger partial charge on any atom is -0.389 e. The summed E-state index contributed by atoms with van der Waals surface area (Å²) in [6, 6.07) is 0. The number of nitrogens with two attached hydrogens (primary N) is 1. The van der Waals surface area contributed by atoms with Gasteiger partial charge in [-0.05, 0) is 32.9 Å². The van der Waals surface area contributed by atoms with Gasteiger partial charge in [-0.2, -0.15) is 0 Å². The average Bonchev–Trinajstić information content (AvgIpc) is 2.27. The number of nitrogens with zero attached hydrogens (tertiary/aromatic N) is 1. The fourth-order valence-corrected chi connectivity index (χ4v) is 2.00. The van der Waals surface area contributed by atoms with Gasteiger partial charge in [-0.25, -0.2) is 0 Å². The molecule has 0 spiro atoms. The van der Waals surface area contributed by atoms with E-state index >= 15 is 0 Å². The van der Waals surface area contributed by atoms with Gasteiger partial charge in [-0.15, -0.1) is 0 Å². The minimum absolute atomic E-state index is 0.0142. The fraction of sp³-hybridized carbons (Fsp3) is 0.909. The molecule has 1 rings (SSSR count). The van der Waals surface area contributed by atoms with Gasteiger partial charge in [-0.1, -0.05) is 0 Å². The van der Waals surface area contributed by atoms with Crippen molar-refractivity contribution in [2.75, 3.05) is 32.8 Å². The molecule has 1 aliphatic heterocycles. The first-order valence-electron chi connectivity index (χ1n) is 5.91. The van der Waals surface area contributed by atoms with Crippen molar-refractivity contribution in [3.63, 3.8) is 0 Å². The fourth-order valence-electron chi connectivity index (χ4n) is 2.00. The van der Waals surface area contributed by atoms with Crippen molar-refractivity contribution >= 4 is 5.91 Å². The average molecular weight is 230 g/mol. The monoisotopic (exact) mass is 230 g/mol. The maximum Gasteiger partial charge on any atom is 0.220 e. The van der Waals surface area contributed by atoms with Crippen LogP contribution in [0.15, 0.2) is 0 Å². The number of amides is 1. The number of carbonyl (C=O) groups is 1. The van der Waals surface area contributed by atoms with E-state index in [1.807, 2.05) is 6.92 Å². The Morgan fingerprint density at radius 2 is 2.19 bits per heavy atom. The van der Waals surface area contributed by atoms with Crippen LogP contribution in [0.25, 0.3) is 0 Å². The second kappa shape index (κ2) is 6.83. The number of piperidine rings is 1. The third-order valence-electron chi connectivity index (χ3n) is 2.97. The van der Waals surface area contributed by atoms with Gasteiger partial charge < -0.3 is 20.5 Å². The van der Waals surface area contributed by atoms with Crippen molar-refractivity contribution in [1.29, 1.82) is 0 Å². The Balaban J connectivity index is 2.18. The molecule has 0 aliphatic carbocycles. The van der Waals surface area contributed by atoms with E-state index in [0.717, 1.165) is 25.9 Å². The molecule has 1 fully saturated rings. The number of β-amino-alcohol motifs (C(OH)–C–C–N with tert-alkyl or cyclic N) is 1. The first kappa shape index (κ1) is 13.4. The van der Waals surface area contributed by atoms with Crippen LogP contribution in [-0.4, -0.2) is 54.9 Å². The number of aliphatic hydroxyl groups is 1. The zero-order valence-electron chi connectivity index (χ0n) is 9.89. The Labute approximate surface area is 96.6 Å². The number of primary amides is 1. The Morgan fingerprint density at radius 1 is 1.56 bits per heavy atom. The highest BCUT2D eigenvalue weighted by Gasteiger charge is 2.24. The molecule has 0 aromatic rings. The largest absolute Gasteiger partial charge is 0.389 e.